The Labute approximate surface area is 154 Å². The first kappa shape index (κ1) is 16.8. The molecule has 4 rings (SSSR count). The highest BCUT2D eigenvalue weighted by Gasteiger charge is 2.22. The summed E-state index contributed by atoms with van der Waals surface area (Å²) >= 11 is 0. The number of fused-ring (bicyclic) bond motifs is 1. The van der Waals surface area contributed by atoms with Crippen molar-refractivity contribution in [3.63, 3.8) is 0 Å². The molecular weight excluding hydrogens is 328 g/mol. The summed E-state index contributed by atoms with van der Waals surface area (Å²) in [6, 6.07) is 14.2. The predicted molar refractivity (Wildman–Crippen MR) is 101 cm³/mol. The van der Waals surface area contributed by atoms with Gasteiger partial charge < -0.3 is 19.3 Å². The van der Waals surface area contributed by atoms with Crippen molar-refractivity contribution in [3.8, 4) is 11.5 Å². The Kier molecular flexibility index (Phi) is 4.69. The van der Waals surface area contributed by atoms with Crippen LogP contribution in [0.5, 0.6) is 11.5 Å². The average molecular weight is 352 g/mol. The van der Waals surface area contributed by atoms with E-state index in [0.29, 0.717) is 19.6 Å². The highest BCUT2D eigenvalue weighted by atomic mass is 16.6. The second kappa shape index (κ2) is 7.28. The predicted octanol–water partition coefficient (Wildman–Crippen LogP) is 2.66. The number of carbonyl (C=O) groups is 1. The maximum absolute atomic E-state index is 12.7. The van der Waals surface area contributed by atoms with Crippen LogP contribution in [0, 0.1) is 6.92 Å². The summed E-state index contributed by atoms with van der Waals surface area (Å²) in [5.74, 6) is 1.68. The van der Waals surface area contributed by atoms with Crippen LogP contribution in [0.15, 0.2) is 42.5 Å². The number of carbonyl (C=O) groups excluding carboxylic acids is 1. The van der Waals surface area contributed by atoms with Crippen LogP contribution in [-0.4, -0.2) is 50.2 Å². The molecule has 136 valence electrons. The Balaban J connectivity index is 1.36. The van der Waals surface area contributed by atoms with Crippen LogP contribution in [-0.2, 0) is 11.2 Å². The zero-order chi connectivity index (χ0) is 17.9. The fourth-order valence-electron chi connectivity index (χ4n) is 3.60. The van der Waals surface area contributed by atoms with E-state index in [4.69, 9.17) is 9.47 Å². The van der Waals surface area contributed by atoms with Gasteiger partial charge in [0, 0.05) is 31.9 Å². The number of aryl methyl sites for hydroxylation is 1. The summed E-state index contributed by atoms with van der Waals surface area (Å²) in [6.45, 7) is 6.54. The third kappa shape index (κ3) is 3.47. The second-order valence-corrected chi connectivity index (χ2v) is 6.81. The van der Waals surface area contributed by atoms with Gasteiger partial charge >= 0.3 is 0 Å². The molecule has 1 fully saturated rings. The van der Waals surface area contributed by atoms with Crippen LogP contribution in [0.2, 0.25) is 0 Å². The standard InChI is InChI=1S/C21H24N2O3/c1-16-4-2-3-5-18(16)22-8-10-23(11-9-22)21(24)15-17-6-7-19-20(14-17)26-13-12-25-19/h2-7,14H,8-13,15H2,1H3. The van der Waals surface area contributed by atoms with Crippen molar-refractivity contribution in [1.82, 2.24) is 4.90 Å². The lowest BCUT2D eigenvalue weighted by molar-refractivity contribution is -0.130. The normalized spacial score (nSPS) is 16.5. The first-order valence-electron chi connectivity index (χ1n) is 9.17. The minimum Gasteiger partial charge on any atom is -0.486 e. The third-order valence-electron chi connectivity index (χ3n) is 5.05. The summed E-state index contributed by atoms with van der Waals surface area (Å²) in [7, 11) is 0. The van der Waals surface area contributed by atoms with E-state index in [-0.39, 0.29) is 5.91 Å². The smallest absolute Gasteiger partial charge is 0.227 e. The van der Waals surface area contributed by atoms with E-state index < -0.39 is 0 Å². The SMILES string of the molecule is Cc1ccccc1N1CCN(C(=O)Cc2ccc3c(c2)OCCO3)CC1. The molecule has 0 bridgehead atoms. The number of benzene rings is 2. The van der Waals surface area contributed by atoms with Crippen LogP contribution >= 0.6 is 0 Å². The number of piperazine rings is 1. The number of anilines is 1. The van der Waals surface area contributed by atoms with Crippen LogP contribution in [0.25, 0.3) is 0 Å². The molecule has 0 radical (unpaired) electrons. The summed E-state index contributed by atoms with van der Waals surface area (Å²) in [5.41, 5.74) is 3.52. The minimum absolute atomic E-state index is 0.172. The number of ether oxygens (including phenoxy) is 2. The number of hydrogen-bond donors (Lipinski definition) is 0. The molecule has 0 aromatic heterocycles. The van der Waals surface area contributed by atoms with E-state index in [1.54, 1.807) is 0 Å². The van der Waals surface area contributed by atoms with Crippen molar-refractivity contribution >= 4 is 11.6 Å². The van der Waals surface area contributed by atoms with E-state index in [9.17, 15) is 4.79 Å². The van der Waals surface area contributed by atoms with Gasteiger partial charge in [-0.25, -0.2) is 0 Å². The van der Waals surface area contributed by atoms with Crippen molar-refractivity contribution in [2.24, 2.45) is 0 Å². The summed E-state index contributed by atoms with van der Waals surface area (Å²) < 4.78 is 11.1. The topological polar surface area (TPSA) is 42.0 Å². The average Bonchev–Trinajstić information content (AvgIpc) is 2.68. The molecule has 0 atom stereocenters. The molecule has 2 heterocycles. The fourth-order valence-corrected chi connectivity index (χ4v) is 3.60. The lowest BCUT2D eigenvalue weighted by atomic mass is 10.1. The van der Waals surface area contributed by atoms with Crippen LogP contribution in [0.3, 0.4) is 0 Å². The van der Waals surface area contributed by atoms with Crippen molar-refractivity contribution in [3.05, 3.63) is 53.6 Å². The van der Waals surface area contributed by atoms with Gasteiger partial charge in [0.1, 0.15) is 13.2 Å². The summed E-state index contributed by atoms with van der Waals surface area (Å²) in [5, 5.41) is 0. The van der Waals surface area contributed by atoms with E-state index >= 15 is 0 Å². The number of para-hydroxylation sites is 1. The number of hydrogen-bond acceptors (Lipinski definition) is 4. The largest absolute Gasteiger partial charge is 0.486 e. The number of amides is 1. The molecule has 26 heavy (non-hydrogen) atoms. The van der Waals surface area contributed by atoms with Crippen LogP contribution in [0.4, 0.5) is 5.69 Å². The summed E-state index contributed by atoms with van der Waals surface area (Å²) in [4.78, 5) is 17.0. The molecular formula is C21H24N2O3. The molecule has 0 unspecified atom stereocenters. The lowest BCUT2D eigenvalue weighted by Crippen LogP contribution is -2.49. The van der Waals surface area contributed by atoms with E-state index in [1.165, 1.54) is 11.3 Å². The van der Waals surface area contributed by atoms with Crippen molar-refractivity contribution in [1.29, 1.82) is 0 Å². The highest BCUT2D eigenvalue weighted by Crippen LogP contribution is 2.31. The van der Waals surface area contributed by atoms with Gasteiger partial charge in [-0.2, -0.15) is 0 Å². The van der Waals surface area contributed by atoms with Gasteiger partial charge in [-0.15, -0.1) is 0 Å². The fraction of sp³-hybridized carbons (Fsp3) is 0.381. The number of nitrogens with zero attached hydrogens (tertiary/aromatic N) is 2. The molecule has 0 aliphatic carbocycles. The van der Waals surface area contributed by atoms with E-state index in [2.05, 4.69) is 36.1 Å². The lowest BCUT2D eigenvalue weighted by Gasteiger charge is -2.37. The molecule has 1 saturated heterocycles. The molecule has 0 N–H and O–H groups in total. The minimum atomic E-state index is 0.172. The monoisotopic (exact) mass is 352 g/mol. The van der Waals surface area contributed by atoms with Gasteiger partial charge in [0.05, 0.1) is 6.42 Å². The zero-order valence-electron chi connectivity index (χ0n) is 15.1. The zero-order valence-corrected chi connectivity index (χ0v) is 15.1. The number of rotatable bonds is 3. The van der Waals surface area contributed by atoms with Crippen molar-refractivity contribution in [2.45, 2.75) is 13.3 Å². The molecule has 5 nitrogen and oxygen atoms in total. The van der Waals surface area contributed by atoms with Crippen molar-refractivity contribution < 1.29 is 14.3 Å². The van der Waals surface area contributed by atoms with Gasteiger partial charge in [-0.1, -0.05) is 24.3 Å². The van der Waals surface area contributed by atoms with E-state index in [0.717, 1.165) is 43.2 Å². The molecule has 2 aromatic carbocycles. The van der Waals surface area contributed by atoms with Crippen molar-refractivity contribution in [2.75, 3.05) is 44.3 Å². The quantitative estimate of drug-likeness (QED) is 0.852. The van der Waals surface area contributed by atoms with Gasteiger partial charge in [0.2, 0.25) is 5.91 Å². The van der Waals surface area contributed by atoms with Crippen LogP contribution in [0.1, 0.15) is 11.1 Å². The first-order valence-corrected chi connectivity index (χ1v) is 9.17. The molecule has 0 saturated carbocycles. The Bertz CT molecular complexity index is 798. The second-order valence-electron chi connectivity index (χ2n) is 6.81. The molecule has 2 aromatic rings. The van der Waals surface area contributed by atoms with Crippen LogP contribution < -0.4 is 14.4 Å². The highest BCUT2D eigenvalue weighted by molar-refractivity contribution is 5.79. The molecule has 2 aliphatic heterocycles. The third-order valence-corrected chi connectivity index (χ3v) is 5.05. The summed E-state index contributed by atoms with van der Waals surface area (Å²) in [6.07, 6.45) is 0.404. The Hall–Kier alpha value is -2.69. The first-order chi connectivity index (χ1) is 12.7. The molecule has 5 heteroatoms. The van der Waals surface area contributed by atoms with Gasteiger partial charge in [-0.05, 0) is 36.2 Å². The van der Waals surface area contributed by atoms with Gasteiger partial charge in [0.25, 0.3) is 0 Å². The Morgan fingerprint density at radius 1 is 0.962 bits per heavy atom. The molecule has 2 aliphatic rings. The van der Waals surface area contributed by atoms with Gasteiger partial charge in [-0.3, -0.25) is 4.79 Å². The Morgan fingerprint density at radius 2 is 1.69 bits per heavy atom. The maximum Gasteiger partial charge on any atom is 0.227 e. The van der Waals surface area contributed by atoms with E-state index in [1.807, 2.05) is 23.1 Å². The Morgan fingerprint density at radius 3 is 2.46 bits per heavy atom. The van der Waals surface area contributed by atoms with Gasteiger partial charge in [0.15, 0.2) is 11.5 Å². The maximum atomic E-state index is 12.7. The molecule has 1 amide bonds. The molecule has 0 spiro atoms.